The summed E-state index contributed by atoms with van der Waals surface area (Å²) in [6.07, 6.45) is 1.87. The number of aryl methyl sites for hydroxylation is 2. The number of oxime groups is 1. The molecule has 1 aliphatic rings. The predicted molar refractivity (Wildman–Crippen MR) is 55.6 cm³/mol. The van der Waals surface area contributed by atoms with Crippen LogP contribution in [0.4, 0.5) is 0 Å². The topological polar surface area (TPSA) is 48.6 Å². The molecule has 0 bridgehead atoms. The molecular formula is C10H15N3O2. The number of rotatable bonds is 1. The molecule has 1 aromatic rings. The molecule has 0 amide bonds. The van der Waals surface area contributed by atoms with Crippen LogP contribution in [0.2, 0.25) is 0 Å². The van der Waals surface area contributed by atoms with Gasteiger partial charge in [0.25, 0.3) is 5.90 Å². The van der Waals surface area contributed by atoms with Gasteiger partial charge in [-0.15, -0.1) is 0 Å². The molecule has 15 heavy (non-hydrogen) atoms. The minimum absolute atomic E-state index is 0.334. The number of aromatic nitrogens is 2. The van der Waals surface area contributed by atoms with Crippen molar-refractivity contribution in [1.82, 2.24) is 9.78 Å². The lowest BCUT2D eigenvalue weighted by molar-refractivity contribution is -0.0427. The second-order valence-corrected chi connectivity index (χ2v) is 4.33. The Balaban J connectivity index is 2.32. The summed E-state index contributed by atoms with van der Waals surface area (Å²) in [4.78, 5) is 5.14. The zero-order valence-electron chi connectivity index (χ0n) is 9.44. The van der Waals surface area contributed by atoms with Crippen LogP contribution in [0, 0.1) is 6.92 Å². The van der Waals surface area contributed by atoms with E-state index in [4.69, 9.17) is 9.57 Å². The molecule has 1 aromatic heterocycles. The van der Waals surface area contributed by atoms with Gasteiger partial charge in [0.05, 0.1) is 11.3 Å². The largest absolute Gasteiger partial charge is 0.465 e. The summed E-state index contributed by atoms with van der Waals surface area (Å²) >= 11 is 0. The fraction of sp³-hybridized carbons (Fsp3) is 0.600. The third kappa shape index (κ3) is 1.95. The van der Waals surface area contributed by atoms with Crippen molar-refractivity contribution in [2.24, 2.45) is 12.2 Å². The lowest BCUT2D eigenvalue weighted by Crippen LogP contribution is -2.36. The molecule has 0 fully saturated rings. The Morgan fingerprint density at radius 3 is 2.73 bits per heavy atom. The van der Waals surface area contributed by atoms with E-state index in [2.05, 4.69) is 10.3 Å². The van der Waals surface area contributed by atoms with Crippen LogP contribution in [-0.4, -0.2) is 27.9 Å². The van der Waals surface area contributed by atoms with E-state index in [0.29, 0.717) is 12.5 Å². The van der Waals surface area contributed by atoms with E-state index in [9.17, 15) is 0 Å². The van der Waals surface area contributed by atoms with Crippen molar-refractivity contribution >= 4 is 5.90 Å². The van der Waals surface area contributed by atoms with Gasteiger partial charge in [0, 0.05) is 13.2 Å². The third-order valence-corrected chi connectivity index (χ3v) is 2.18. The molecule has 0 atom stereocenters. The van der Waals surface area contributed by atoms with Crippen LogP contribution >= 0.6 is 0 Å². The standard InChI is InChI=1S/C10H15N3O2/c1-7-8(5-13(4)11-7)9-12-14-6-10(2,3)15-9/h5H,6H2,1-4H3. The zero-order chi connectivity index (χ0) is 11.1. The second kappa shape index (κ2) is 3.25. The monoisotopic (exact) mass is 209 g/mol. The maximum atomic E-state index is 5.73. The van der Waals surface area contributed by atoms with Crippen LogP contribution in [0.5, 0.6) is 0 Å². The molecule has 1 aliphatic heterocycles. The molecule has 0 aromatic carbocycles. The van der Waals surface area contributed by atoms with E-state index in [1.165, 1.54) is 0 Å². The lowest BCUT2D eigenvalue weighted by atomic mass is 10.1. The van der Waals surface area contributed by atoms with E-state index < -0.39 is 0 Å². The zero-order valence-corrected chi connectivity index (χ0v) is 9.44. The Kier molecular flexibility index (Phi) is 2.17. The summed E-state index contributed by atoms with van der Waals surface area (Å²) in [5.41, 5.74) is 1.43. The summed E-state index contributed by atoms with van der Waals surface area (Å²) in [5, 5.41) is 8.14. The lowest BCUT2D eigenvalue weighted by Gasteiger charge is -2.28. The summed E-state index contributed by atoms with van der Waals surface area (Å²) in [6, 6.07) is 0. The summed E-state index contributed by atoms with van der Waals surface area (Å²) in [6.45, 7) is 6.32. The first kappa shape index (κ1) is 10.0. The molecule has 0 saturated heterocycles. The first-order valence-electron chi connectivity index (χ1n) is 4.87. The fourth-order valence-corrected chi connectivity index (χ4v) is 1.47. The average Bonchev–Trinajstić information content (AvgIpc) is 2.43. The third-order valence-electron chi connectivity index (χ3n) is 2.18. The highest BCUT2D eigenvalue weighted by atomic mass is 16.7. The van der Waals surface area contributed by atoms with Crippen LogP contribution in [0.25, 0.3) is 0 Å². The molecule has 5 nitrogen and oxygen atoms in total. The van der Waals surface area contributed by atoms with E-state index in [1.54, 1.807) is 4.68 Å². The average molecular weight is 209 g/mol. The van der Waals surface area contributed by atoms with Gasteiger partial charge in [0.1, 0.15) is 5.60 Å². The smallest absolute Gasteiger partial charge is 0.261 e. The molecule has 0 aliphatic carbocycles. The minimum Gasteiger partial charge on any atom is -0.465 e. The number of hydrogen-bond acceptors (Lipinski definition) is 4. The van der Waals surface area contributed by atoms with Crippen molar-refractivity contribution in [3.8, 4) is 0 Å². The van der Waals surface area contributed by atoms with E-state index in [0.717, 1.165) is 11.3 Å². The van der Waals surface area contributed by atoms with Crippen LogP contribution in [0.1, 0.15) is 25.1 Å². The molecule has 0 N–H and O–H groups in total. The highest BCUT2D eigenvalue weighted by Gasteiger charge is 2.29. The van der Waals surface area contributed by atoms with Gasteiger partial charge >= 0.3 is 0 Å². The fourth-order valence-electron chi connectivity index (χ4n) is 1.47. The van der Waals surface area contributed by atoms with Gasteiger partial charge in [0.2, 0.25) is 0 Å². The van der Waals surface area contributed by atoms with Crippen molar-refractivity contribution in [2.45, 2.75) is 26.4 Å². The molecule has 82 valence electrons. The van der Waals surface area contributed by atoms with E-state index in [1.807, 2.05) is 34.0 Å². The Bertz CT molecular complexity index is 407. The van der Waals surface area contributed by atoms with Crippen LogP contribution in [0.3, 0.4) is 0 Å². The number of hydrogen-bond donors (Lipinski definition) is 0. The Labute approximate surface area is 88.7 Å². The van der Waals surface area contributed by atoms with Gasteiger partial charge in [0.15, 0.2) is 6.61 Å². The number of nitrogens with zero attached hydrogens (tertiary/aromatic N) is 3. The molecule has 5 heteroatoms. The first-order valence-corrected chi connectivity index (χ1v) is 4.87. The highest BCUT2D eigenvalue weighted by Crippen LogP contribution is 2.20. The van der Waals surface area contributed by atoms with E-state index >= 15 is 0 Å². The molecule has 2 heterocycles. The van der Waals surface area contributed by atoms with Crippen molar-refractivity contribution in [3.63, 3.8) is 0 Å². The first-order chi connectivity index (χ1) is 6.98. The SMILES string of the molecule is Cc1nn(C)cc1C1=NOCC(C)(C)O1. The minimum atomic E-state index is -0.334. The summed E-state index contributed by atoms with van der Waals surface area (Å²) in [7, 11) is 1.87. The van der Waals surface area contributed by atoms with Crippen molar-refractivity contribution in [2.75, 3.05) is 6.61 Å². The Hall–Kier alpha value is -1.52. The van der Waals surface area contributed by atoms with Crippen molar-refractivity contribution < 1.29 is 9.57 Å². The normalized spacial score (nSPS) is 19.1. The van der Waals surface area contributed by atoms with Crippen LogP contribution < -0.4 is 0 Å². The van der Waals surface area contributed by atoms with Gasteiger partial charge in [-0.1, -0.05) is 0 Å². The maximum Gasteiger partial charge on any atom is 0.261 e. The maximum absolute atomic E-state index is 5.73. The van der Waals surface area contributed by atoms with Gasteiger partial charge in [-0.25, -0.2) is 0 Å². The van der Waals surface area contributed by atoms with Crippen molar-refractivity contribution in [1.29, 1.82) is 0 Å². The molecule has 0 unspecified atom stereocenters. The molecule has 2 rings (SSSR count). The van der Waals surface area contributed by atoms with Crippen LogP contribution in [-0.2, 0) is 16.6 Å². The molecule has 0 spiro atoms. The Morgan fingerprint density at radius 2 is 2.20 bits per heavy atom. The van der Waals surface area contributed by atoms with E-state index in [-0.39, 0.29) is 5.60 Å². The van der Waals surface area contributed by atoms with Gasteiger partial charge in [-0.2, -0.15) is 5.10 Å². The van der Waals surface area contributed by atoms with Gasteiger partial charge in [-0.3, -0.25) is 4.68 Å². The molecule has 0 radical (unpaired) electrons. The van der Waals surface area contributed by atoms with Crippen molar-refractivity contribution in [3.05, 3.63) is 17.5 Å². The quantitative estimate of drug-likeness (QED) is 0.698. The molecule has 0 saturated carbocycles. The second-order valence-electron chi connectivity index (χ2n) is 4.33. The van der Waals surface area contributed by atoms with Crippen LogP contribution in [0.15, 0.2) is 11.4 Å². The highest BCUT2D eigenvalue weighted by molar-refractivity contribution is 5.95. The predicted octanol–water partition coefficient (Wildman–Crippen LogP) is 1.22. The molecular weight excluding hydrogens is 194 g/mol. The summed E-state index contributed by atoms with van der Waals surface area (Å²) < 4.78 is 7.46. The van der Waals surface area contributed by atoms with Gasteiger partial charge in [-0.05, 0) is 25.9 Å². The summed E-state index contributed by atoms with van der Waals surface area (Å²) in [5.74, 6) is 0.511. The number of ether oxygens (including phenoxy) is 1. The Morgan fingerprint density at radius 1 is 1.47 bits per heavy atom. The van der Waals surface area contributed by atoms with Gasteiger partial charge < -0.3 is 9.57 Å².